The number of alkyl halides is 3. The fourth-order valence-corrected chi connectivity index (χ4v) is 3.72. The van der Waals surface area contributed by atoms with Gasteiger partial charge in [-0.25, -0.2) is 4.98 Å². The van der Waals surface area contributed by atoms with Crippen LogP contribution in [-0.4, -0.2) is 52.6 Å². The van der Waals surface area contributed by atoms with Gasteiger partial charge in [0.15, 0.2) is 12.2 Å². The number of rotatable bonds is 3. The Morgan fingerprint density at radius 1 is 1.31 bits per heavy atom. The molecule has 158 valence electrons. The number of ether oxygens (including phenoxy) is 1. The zero-order valence-electron chi connectivity index (χ0n) is 15.5. The summed E-state index contributed by atoms with van der Waals surface area (Å²) in [4.78, 5) is 23.2. The Morgan fingerprint density at radius 3 is 2.76 bits per heavy atom. The predicted octanol–water partition coefficient (Wildman–Crippen LogP) is 1.94. The molecule has 0 aromatic carbocycles. The van der Waals surface area contributed by atoms with Gasteiger partial charge in [0.2, 0.25) is 11.8 Å². The first-order valence-corrected chi connectivity index (χ1v) is 9.12. The molecule has 0 saturated carbocycles. The number of oxazole rings is 1. The highest BCUT2D eigenvalue weighted by atomic mass is 19.4. The Morgan fingerprint density at radius 2 is 2.10 bits per heavy atom. The minimum atomic E-state index is -4.56. The van der Waals surface area contributed by atoms with Gasteiger partial charge in [-0.15, -0.1) is 0 Å². The van der Waals surface area contributed by atoms with Crippen LogP contribution in [0.4, 0.5) is 29.3 Å². The van der Waals surface area contributed by atoms with E-state index in [0.29, 0.717) is 13.2 Å². The summed E-state index contributed by atoms with van der Waals surface area (Å²) in [6.07, 6.45) is -2.64. The number of halogens is 4. The third-order valence-corrected chi connectivity index (χ3v) is 5.17. The maximum absolute atomic E-state index is 14.8. The van der Waals surface area contributed by atoms with Crippen LogP contribution >= 0.6 is 0 Å². The second-order valence-electron chi connectivity index (χ2n) is 7.08. The normalized spacial score (nSPS) is 22.7. The smallest absolute Gasteiger partial charge is 0.408 e. The van der Waals surface area contributed by atoms with Crippen molar-refractivity contribution in [1.29, 1.82) is 0 Å². The standard InChI is InChI=1S/C17H19F4N5O3/c1-10-7-28-5-4-24(10)14-13(18)15(27)25-3-2-12(17(19,20)21)26(16(25)23-14)6-11-8-29-9-22-11/h8-10,12H,2-7H2,1H3/t10-,12+/m1/s1. The van der Waals surface area contributed by atoms with E-state index in [1.165, 1.54) is 6.26 Å². The van der Waals surface area contributed by atoms with Crippen molar-refractivity contribution in [3.8, 4) is 0 Å². The molecule has 8 nitrogen and oxygen atoms in total. The molecular formula is C17H19F4N5O3. The van der Waals surface area contributed by atoms with Crippen molar-refractivity contribution in [1.82, 2.24) is 14.5 Å². The highest BCUT2D eigenvalue weighted by Gasteiger charge is 2.47. The molecule has 0 aliphatic carbocycles. The minimum Gasteiger partial charge on any atom is -0.451 e. The molecule has 29 heavy (non-hydrogen) atoms. The molecule has 2 atom stereocenters. The average Bonchev–Trinajstić information content (AvgIpc) is 3.18. The topological polar surface area (TPSA) is 76.6 Å². The molecule has 1 fully saturated rings. The van der Waals surface area contributed by atoms with Gasteiger partial charge in [-0.05, 0) is 13.3 Å². The van der Waals surface area contributed by atoms with Gasteiger partial charge in [-0.1, -0.05) is 0 Å². The zero-order valence-corrected chi connectivity index (χ0v) is 15.5. The van der Waals surface area contributed by atoms with Crippen LogP contribution in [0.15, 0.2) is 21.9 Å². The van der Waals surface area contributed by atoms with E-state index in [-0.39, 0.29) is 43.1 Å². The van der Waals surface area contributed by atoms with Crippen molar-refractivity contribution < 1.29 is 26.7 Å². The maximum atomic E-state index is 14.8. The summed E-state index contributed by atoms with van der Waals surface area (Å²) in [6.45, 7) is 2.08. The Labute approximate surface area is 162 Å². The van der Waals surface area contributed by atoms with Gasteiger partial charge in [0, 0.05) is 13.1 Å². The molecule has 0 spiro atoms. The van der Waals surface area contributed by atoms with Crippen LogP contribution in [0, 0.1) is 5.82 Å². The lowest BCUT2D eigenvalue weighted by Gasteiger charge is -2.40. The summed E-state index contributed by atoms with van der Waals surface area (Å²) < 4.78 is 67.1. The maximum Gasteiger partial charge on any atom is 0.408 e. The van der Waals surface area contributed by atoms with Crippen molar-refractivity contribution in [2.24, 2.45) is 0 Å². The first kappa shape index (κ1) is 19.7. The summed E-state index contributed by atoms with van der Waals surface area (Å²) in [5, 5.41) is 0. The number of fused-ring (bicyclic) bond motifs is 1. The first-order chi connectivity index (χ1) is 13.8. The van der Waals surface area contributed by atoms with E-state index in [1.807, 2.05) is 0 Å². The first-order valence-electron chi connectivity index (χ1n) is 9.12. The number of aromatic nitrogens is 3. The third kappa shape index (κ3) is 3.56. The Bertz CT molecular complexity index is 930. The molecule has 0 unspecified atom stereocenters. The van der Waals surface area contributed by atoms with Crippen LogP contribution < -0.4 is 15.4 Å². The van der Waals surface area contributed by atoms with Gasteiger partial charge in [-0.2, -0.15) is 22.5 Å². The van der Waals surface area contributed by atoms with Crippen LogP contribution in [0.1, 0.15) is 19.0 Å². The van der Waals surface area contributed by atoms with Gasteiger partial charge in [-0.3, -0.25) is 9.36 Å². The van der Waals surface area contributed by atoms with Crippen molar-refractivity contribution in [3.63, 3.8) is 0 Å². The lowest BCUT2D eigenvalue weighted by molar-refractivity contribution is -0.153. The Balaban J connectivity index is 1.83. The van der Waals surface area contributed by atoms with Crippen molar-refractivity contribution in [3.05, 3.63) is 34.5 Å². The molecule has 12 heteroatoms. The summed E-state index contributed by atoms with van der Waals surface area (Å²) in [5.41, 5.74) is -0.748. The van der Waals surface area contributed by atoms with E-state index in [9.17, 15) is 22.4 Å². The number of nitrogens with zero attached hydrogens (tertiary/aromatic N) is 5. The SMILES string of the molecule is C[C@@H]1COCCN1c1nc2n(c(=O)c1F)CC[C@@H](C(F)(F)F)N2Cc1cocn1. The predicted molar refractivity (Wildman–Crippen MR) is 93.2 cm³/mol. The highest BCUT2D eigenvalue weighted by Crippen LogP contribution is 2.35. The Hall–Kier alpha value is -2.63. The van der Waals surface area contributed by atoms with E-state index in [4.69, 9.17) is 9.15 Å². The molecule has 2 aromatic heterocycles. The molecule has 0 amide bonds. The fourth-order valence-electron chi connectivity index (χ4n) is 3.72. The van der Waals surface area contributed by atoms with E-state index >= 15 is 0 Å². The van der Waals surface area contributed by atoms with Gasteiger partial charge in [0.25, 0.3) is 5.56 Å². The van der Waals surface area contributed by atoms with Gasteiger partial charge < -0.3 is 19.0 Å². The fraction of sp³-hybridized carbons (Fsp3) is 0.588. The quantitative estimate of drug-likeness (QED) is 0.707. The second kappa shape index (κ2) is 7.32. The molecule has 4 heterocycles. The number of morpholine rings is 1. The summed E-state index contributed by atoms with van der Waals surface area (Å²) in [6, 6.07) is -2.16. The molecule has 0 radical (unpaired) electrons. The monoisotopic (exact) mass is 417 g/mol. The van der Waals surface area contributed by atoms with Crippen LogP contribution in [0.3, 0.4) is 0 Å². The molecule has 0 bridgehead atoms. The lowest BCUT2D eigenvalue weighted by atomic mass is 10.1. The summed E-state index contributed by atoms with van der Waals surface area (Å²) >= 11 is 0. The third-order valence-electron chi connectivity index (χ3n) is 5.17. The van der Waals surface area contributed by atoms with E-state index in [1.54, 1.807) is 11.8 Å². The molecular weight excluding hydrogens is 398 g/mol. The van der Waals surface area contributed by atoms with Gasteiger partial charge in [0.05, 0.1) is 31.5 Å². The molecule has 0 N–H and O–H groups in total. The van der Waals surface area contributed by atoms with Gasteiger partial charge in [0.1, 0.15) is 12.3 Å². The Kier molecular flexibility index (Phi) is 4.97. The largest absolute Gasteiger partial charge is 0.451 e. The summed E-state index contributed by atoms with van der Waals surface area (Å²) in [5.74, 6) is -1.57. The number of hydrogen-bond acceptors (Lipinski definition) is 7. The van der Waals surface area contributed by atoms with E-state index in [2.05, 4.69) is 9.97 Å². The van der Waals surface area contributed by atoms with E-state index < -0.39 is 30.0 Å². The van der Waals surface area contributed by atoms with Crippen molar-refractivity contribution in [2.45, 2.75) is 44.7 Å². The van der Waals surface area contributed by atoms with Crippen LogP contribution in [0.5, 0.6) is 0 Å². The van der Waals surface area contributed by atoms with Crippen LogP contribution in [-0.2, 0) is 17.8 Å². The van der Waals surface area contributed by atoms with Crippen molar-refractivity contribution in [2.75, 3.05) is 29.6 Å². The van der Waals surface area contributed by atoms with Crippen LogP contribution in [0.25, 0.3) is 0 Å². The van der Waals surface area contributed by atoms with Crippen molar-refractivity contribution >= 4 is 11.8 Å². The zero-order chi connectivity index (χ0) is 20.8. The minimum absolute atomic E-state index is 0.235. The van der Waals surface area contributed by atoms with E-state index in [0.717, 1.165) is 15.9 Å². The second-order valence-corrected chi connectivity index (χ2v) is 7.08. The highest BCUT2D eigenvalue weighted by molar-refractivity contribution is 5.48. The molecule has 2 aromatic rings. The lowest BCUT2D eigenvalue weighted by Crippen LogP contribution is -2.53. The molecule has 2 aliphatic heterocycles. The molecule has 2 aliphatic rings. The summed E-state index contributed by atoms with van der Waals surface area (Å²) in [7, 11) is 0. The number of hydrogen-bond donors (Lipinski definition) is 0. The van der Waals surface area contributed by atoms with Crippen LogP contribution in [0.2, 0.25) is 0 Å². The average molecular weight is 417 g/mol. The number of anilines is 2. The van der Waals surface area contributed by atoms with Gasteiger partial charge >= 0.3 is 6.18 Å². The molecule has 1 saturated heterocycles. The molecule has 4 rings (SSSR count).